The topological polar surface area (TPSA) is 20.2 Å². The molecule has 0 aromatic heterocycles. The molecule has 0 aliphatic heterocycles. The summed E-state index contributed by atoms with van der Waals surface area (Å²) in [5.74, 6) is 0. The van der Waals surface area contributed by atoms with Crippen LogP contribution in [0.15, 0.2) is 54.6 Å². The Morgan fingerprint density at radius 2 is 1.44 bits per heavy atom. The van der Waals surface area contributed by atoms with Crippen LogP contribution in [0, 0.1) is 0 Å². The number of aliphatic hydroxyl groups is 1. The van der Waals surface area contributed by atoms with Gasteiger partial charge in [0, 0.05) is 0 Å². The summed E-state index contributed by atoms with van der Waals surface area (Å²) in [5, 5.41) is 10.2. The second-order valence-electron chi connectivity index (χ2n) is 3.91. The highest BCUT2D eigenvalue weighted by Gasteiger charge is 2.08. The minimum absolute atomic E-state index is 0.521. The molecule has 16 heavy (non-hydrogen) atoms. The van der Waals surface area contributed by atoms with Crippen LogP contribution < -0.4 is 0 Å². The van der Waals surface area contributed by atoms with Crippen molar-refractivity contribution < 1.29 is 5.11 Å². The molecule has 1 N–H and O–H groups in total. The monoisotopic (exact) mass is 212 g/mol. The van der Waals surface area contributed by atoms with Crippen molar-refractivity contribution in [3.8, 4) is 0 Å². The van der Waals surface area contributed by atoms with Gasteiger partial charge in [-0.15, -0.1) is 0 Å². The number of aryl methyl sites for hydroxylation is 1. The summed E-state index contributed by atoms with van der Waals surface area (Å²) in [6, 6.07) is 17.9. The largest absolute Gasteiger partial charge is 0.384 e. The lowest BCUT2D eigenvalue weighted by atomic mass is 10.00. The molecule has 1 atom stereocenters. The molecule has 2 aromatic carbocycles. The molecule has 0 saturated carbocycles. The molecule has 0 spiro atoms. The van der Waals surface area contributed by atoms with E-state index in [1.54, 1.807) is 0 Å². The molecule has 0 aliphatic rings. The Hall–Kier alpha value is -1.60. The van der Waals surface area contributed by atoms with E-state index in [4.69, 9.17) is 0 Å². The van der Waals surface area contributed by atoms with Crippen molar-refractivity contribution in [2.45, 2.75) is 19.4 Å². The van der Waals surface area contributed by atoms with Gasteiger partial charge in [0.2, 0.25) is 0 Å². The minimum Gasteiger partial charge on any atom is -0.384 e. The molecule has 1 heteroatoms. The molecular formula is C15H16O. The fraction of sp³-hybridized carbons (Fsp3) is 0.200. The van der Waals surface area contributed by atoms with Crippen LogP contribution in [0.5, 0.6) is 0 Å². The van der Waals surface area contributed by atoms with Gasteiger partial charge in [0.1, 0.15) is 6.10 Å². The molecule has 0 saturated heterocycles. The van der Waals surface area contributed by atoms with Crippen molar-refractivity contribution in [1.29, 1.82) is 0 Å². The average molecular weight is 212 g/mol. The van der Waals surface area contributed by atoms with Crippen molar-refractivity contribution in [2.75, 3.05) is 0 Å². The molecule has 2 rings (SSSR count). The van der Waals surface area contributed by atoms with E-state index in [2.05, 4.69) is 19.1 Å². The Morgan fingerprint density at radius 1 is 0.875 bits per heavy atom. The maximum absolute atomic E-state index is 10.2. The van der Waals surface area contributed by atoms with Crippen molar-refractivity contribution in [3.05, 3.63) is 71.3 Å². The number of hydrogen-bond donors (Lipinski definition) is 1. The molecule has 0 bridgehead atoms. The van der Waals surface area contributed by atoms with Gasteiger partial charge in [-0.2, -0.15) is 0 Å². The zero-order valence-electron chi connectivity index (χ0n) is 9.43. The van der Waals surface area contributed by atoms with Gasteiger partial charge < -0.3 is 5.11 Å². The van der Waals surface area contributed by atoms with Crippen LogP contribution in [0.1, 0.15) is 29.7 Å². The molecular weight excluding hydrogens is 196 g/mol. The van der Waals surface area contributed by atoms with Crippen molar-refractivity contribution >= 4 is 0 Å². The number of rotatable bonds is 3. The van der Waals surface area contributed by atoms with Crippen LogP contribution in [0.4, 0.5) is 0 Å². The standard InChI is InChI=1S/C15H16O/c1-2-12-8-10-14(11-9-12)15(16)13-6-4-3-5-7-13/h3-11,15-16H,2H2,1H3/t15-/m0/s1. The summed E-state index contributed by atoms with van der Waals surface area (Å²) in [5.41, 5.74) is 3.18. The smallest absolute Gasteiger partial charge is 0.104 e. The zero-order valence-corrected chi connectivity index (χ0v) is 9.43. The first-order valence-corrected chi connectivity index (χ1v) is 5.63. The summed E-state index contributed by atoms with van der Waals surface area (Å²) in [6.45, 7) is 2.13. The Morgan fingerprint density at radius 3 is 2.00 bits per heavy atom. The zero-order chi connectivity index (χ0) is 11.4. The number of aliphatic hydroxyl groups excluding tert-OH is 1. The first-order chi connectivity index (χ1) is 7.81. The summed E-state index contributed by atoms with van der Waals surface area (Å²) in [4.78, 5) is 0. The van der Waals surface area contributed by atoms with Gasteiger partial charge in [0.25, 0.3) is 0 Å². The van der Waals surface area contributed by atoms with Gasteiger partial charge in [-0.1, -0.05) is 61.5 Å². The third-order valence-electron chi connectivity index (χ3n) is 2.82. The summed E-state index contributed by atoms with van der Waals surface area (Å²) in [7, 11) is 0. The first-order valence-electron chi connectivity index (χ1n) is 5.63. The number of hydrogen-bond acceptors (Lipinski definition) is 1. The van der Waals surface area contributed by atoms with E-state index >= 15 is 0 Å². The van der Waals surface area contributed by atoms with Gasteiger partial charge in [0.05, 0.1) is 0 Å². The Balaban J connectivity index is 2.24. The van der Waals surface area contributed by atoms with E-state index in [1.165, 1.54) is 5.56 Å². The molecule has 0 amide bonds. The van der Waals surface area contributed by atoms with Crippen molar-refractivity contribution in [2.24, 2.45) is 0 Å². The fourth-order valence-corrected chi connectivity index (χ4v) is 1.76. The van der Waals surface area contributed by atoms with Gasteiger partial charge in [-0.3, -0.25) is 0 Å². The molecule has 2 aromatic rings. The second-order valence-corrected chi connectivity index (χ2v) is 3.91. The van der Waals surface area contributed by atoms with Gasteiger partial charge in [-0.05, 0) is 23.1 Å². The predicted octanol–water partition coefficient (Wildman–Crippen LogP) is 3.33. The van der Waals surface area contributed by atoms with Crippen LogP contribution >= 0.6 is 0 Å². The third kappa shape index (κ3) is 2.31. The fourth-order valence-electron chi connectivity index (χ4n) is 1.76. The van der Waals surface area contributed by atoms with Crippen LogP contribution in [-0.4, -0.2) is 5.11 Å². The van der Waals surface area contributed by atoms with Crippen LogP contribution in [0.2, 0.25) is 0 Å². The van der Waals surface area contributed by atoms with E-state index < -0.39 is 6.10 Å². The SMILES string of the molecule is CCc1ccc([C@@H](O)c2ccccc2)cc1. The lowest BCUT2D eigenvalue weighted by Gasteiger charge is -2.11. The molecule has 1 nitrogen and oxygen atoms in total. The van der Waals surface area contributed by atoms with Crippen LogP contribution in [-0.2, 0) is 6.42 Å². The minimum atomic E-state index is -0.521. The first kappa shape index (κ1) is 10.9. The molecule has 0 unspecified atom stereocenters. The van der Waals surface area contributed by atoms with Crippen LogP contribution in [0.3, 0.4) is 0 Å². The van der Waals surface area contributed by atoms with E-state index in [-0.39, 0.29) is 0 Å². The van der Waals surface area contributed by atoms with Gasteiger partial charge in [-0.25, -0.2) is 0 Å². The highest BCUT2D eigenvalue weighted by atomic mass is 16.3. The third-order valence-corrected chi connectivity index (χ3v) is 2.82. The normalized spacial score (nSPS) is 12.4. The summed E-state index contributed by atoms with van der Waals surface area (Å²) < 4.78 is 0. The summed E-state index contributed by atoms with van der Waals surface area (Å²) >= 11 is 0. The maximum atomic E-state index is 10.2. The van der Waals surface area contributed by atoms with Gasteiger partial charge >= 0.3 is 0 Å². The number of benzene rings is 2. The molecule has 0 heterocycles. The quantitative estimate of drug-likeness (QED) is 0.827. The molecule has 0 radical (unpaired) electrons. The predicted molar refractivity (Wildman–Crippen MR) is 66.3 cm³/mol. The molecule has 82 valence electrons. The lowest BCUT2D eigenvalue weighted by molar-refractivity contribution is 0.220. The van der Waals surface area contributed by atoms with E-state index in [9.17, 15) is 5.11 Å². The highest BCUT2D eigenvalue weighted by Crippen LogP contribution is 2.21. The van der Waals surface area contributed by atoms with Crippen molar-refractivity contribution in [1.82, 2.24) is 0 Å². The van der Waals surface area contributed by atoms with Crippen LogP contribution in [0.25, 0.3) is 0 Å². The van der Waals surface area contributed by atoms with Gasteiger partial charge in [0.15, 0.2) is 0 Å². The highest BCUT2D eigenvalue weighted by molar-refractivity contribution is 5.31. The van der Waals surface area contributed by atoms with E-state index in [0.29, 0.717) is 0 Å². The second kappa shape index (κ2) is 4.95. The average Bonchev–Trinajstić information content (AvgIpc) is 2.39. The maximum Gasteiger partial charge on any atom is 0.104 e. The Bertz CT molecular complexity index is 431. The lowest BCUT2D eigenvalue weighted by Crippen LogP contribution is -1.99. The Kier molecular flexibility index (Phi) is 3.37. The van der Waals surface area contributed by atoms with E-state index in [0.717, 1.165) is 17.5 Å². The van der Waals surface area contributed by atoms with E-state index in [1.807, 2.05) is 42.5 Å². The Labute approximate surface area is 96.4 Å². The van der Waals surface area contributed by atoms with Crippen molar-refractivity contribution in [3.63, 3.8) is 0 Å². The molecule has 0 aliphatic carbocycles. The summed E-state index contributed by atoms with van der Waals surface area (Å²) in [6.07, 6.45) is 0.508. The molecule has 0 fully saturated rings.